The topological polar surface area (TPSA) is 43.1 Å². The molecule has 1 aromatic carbocycles. The van der Waals surface area contributed by atoms with Gasteiger partial charge in [0.2, 0.25) is 0 Å². The number of hydrogen-bond acceptors (Lipinski definition) is 2. The largest absolute Gasteiger partial charge is 0.398 e. The Hall–Kier alpha value is -0.100. The molecule has 2 nitrogen and oxygen atoms in total. The molecule has 0 aliphatic rings. The van der Waals surface area contributed by atoms with Crippen LogP contribution >= 0.6 is 38.5 Å². The van der Waals surface area contributed by atoms with Gasteiger partial charge in [-0.2, -0.15) is 0 Å². The number of rotatable bonds is 3. The van der Waals surface area contributed by atoms with Crippen molar-refractivity contribution in [3.05, 3.63) is 27.3 Å². The van der Waals surface area contributed by atoms with Crippen LogP contribution in [0.4, 0.5) is 5.69 Å². The summed E-state index contributed by atoms with van der Waals surface area (Å²) in [6, 6.07) is 5.49. The van der Waals surface area contributed by atoms with Crippen LogP contribution in [0, 0.1) is 3.57 Å². The molecular weight excluding hydrogens is 345 g/mol. The summed E-state index contributed by atoms with van der Waals surface area (Å²) in [6.45, 7) is 0. The van der Waals surface area contributed by atoms with E-state index in [2.05, 4.69) is 38.5 Å². The van der Waals surface area contributed by atoms with E-state index in [0.29, 0.717) is 23.0 Å². The van der Waals surface area contributed by atoms with Crippen molar-refractivity contribution in [2.24, 2.45) is 0 Å². The van der Waals surface area contributed by atoms with Gasteiger partial charge in [-0.3, -0.25) is 4.79 Å². The molecule has 0 radical (unpaired) electrons. The summed E-state index contributed by atoms with van der Waals surface area (Å²) < 4.78 is 0.920. The van der Waals surface area contributed by atoms with E-state index >= 15 is 0 Å². The van der Waals surface area contributed by atoms with Crippen molar-refractivity contribution >= 4 is 50.0 Å². The number of Topliss-reactive ketones (excluding diaryl/α,β-unsaturated/α-hetero) is 1. The quantitative estimate of drug-likeness (QED) is 0.393. The van der Waals surface area contributed by atoms with Gasteiger partial charge in [0.05, 0.1) is 5.56 Å². The van der Waals surface area contributed by atoms with Gasteiger partial charge in [0.25, 0.3) is 0 Å². The molecule has 0 spiro atoms. The van der Waals surface area contributed by atoms with Crippen molar-refractivity contribution < 1.29 is 4.79 Å². The summed E-state index contributed by atoms with van der Waals surface area (Å²) in [6.07, 6.45) is 0.490. The number of carbonyl (C=O) groups excluding carboxylic acids is 1. The predicted molar refractivity (Wildman–Crippen MR) is 66.3 cm³/mol. The lowest BCUT2D eigenvalue weighted by Gasteiger charge is -2.05. The first-order valence-electron chi connectivity index (χ1n) is 3.80. The lowest BCUT2D eigenvalue weighted by atomic mass is 10.1. The van der Waals surface area contributed by atoms with Gasteiger partial charge in [-0.15, -0.1) is 0 Å². The second-order valence-electron chi connectivity index (χ2n) is 2.57. The highest BCUT2D eigenvalue weighted by Crippen LogP contribution is 2.20. The van der Waals surface area contributed by atoms with Gasteiger partial charge in [-0.05, 0) is 34.7 Å². The monoisotopic (exact) mass is 353 g/mol. The SMILES string of the molecule is Nc1cccc(I)c1C(=O)CCBr. The first-order chi connectivity index (χ1) is 6.16. The Morgan fingerprint density at radius 3 is 2.77 bits per heavy atom. The van der Waals surface area contributed by atoms with Gasteiger partial charge in [-0.25, -0.2) is 0 Å². The number of ketones is 1. The minimum atomic E-state index is 0.0966. The van der Waals surface area contributed by atoms with Crippen LogP contribution < -0.4 is 5.73 Å². The minimum absolute atomic E-state index is 0.0966. The van der Waals surface area contributed by atoms with Gasteiger partial charge in [0, 0.05) is 21.0 Å². The molecule has 0 unspecified atom stereocenters. The molecule has 0 bridgehead atoms. The predicted octanol–water partition coefficient (Wildman–Crippen LogP) is 2.84. The fourth-order valence-corrected chi connectivity index (χ4v) is 2.23. The number of anilines is 1. The lowest BCUT2D eigenvalue weighted by Crippen LogP contribution is -2.06. The molecule has 0 heterocycles. The molecule has 0 aliphatic carbocycles. The second kappa shape index (κ2) is 4.95. The third-order valence-corrected chi connectivity index (χ3v) is 2.94. The zero-order chi connectivity index (χ0) is 9.84. The highest BCUT2D eigenvalue weighted by atomic mass is 127. The second-order valence-corrected chi connectivity index (χ2v) is 4.52. The van der Waals surface area contributed by atoms with Gasteiger partial charge < -0.3 is 5.73 Å². The molecule has 1 rings (SSSR count). The molecule has 0 fully saturated rings. The van der Waals surface area contributed by atoms with Gasteiger partial charge in [0.15, 0.2) is 5.78 Å². The van der Waals surface area contributed by atoms with Crippen LogP contribution in [0.25, 0.3) is 0 Å². The molecular formula is C9H9BrINO. The van der Waals surface area contributed by atoms with Crippen molar-refractivity contribution in [2.45, 2.75) is 6.42 Å². The molecule has 0 atom stereocenters. The van der Waals surface area contributed by atoms with Crippen LogP contribution in [0.15, 0.2) is 18.2 Å². The maximum absolute atomic E-state index is 11.6. The number of hydrogen-bond donors (Lipinski definition) is 1. The van der Waals surface area contributed by atoms with Gasteiger partial charge in [-0.1, -0.05) is 22.0 Å². The highest BCUT2D eigenvalue weighted by molar-refractivity contribution is 14.1. The Balaban J connectivity index is 3.05. The summed E-state index contributed by atoms with van der Waals surface area (Å²) in [7, 11) is 0. The summed E-state index contributed by atoms with van der Waals surface area (Å²) in [5.41, 5.74) is 6.93. The third kappa shape index (κ3) is 2.67. The molecule has 1 aromatic rings. The van der Waals surface area contributed by atoms with Crippen LogP contribution in [0.1, 0.15) is 16.8 Å². The molecule has 0 aromatic heterocycles. The standard InChI is InChI=1S/C9H9BrINO/c10-5-4-8(13)9-6(11)2-1-3-7(9)12/h1-3H,4-5,12H2. The number of nitrogens with two attached hydrogens (primary N) is 1. The number of benzene rings is 1. The zero-order valence-electron chi connectivity index (χ0n) is 6.89. The summed E-state index contributed by atoms with van der Waals surface area (Å²) >= 11 is 5.36. The van der Waals surface area contributed by atoms with Crippen LogP contribution in [-0.2, 0) is 0 Å². The van der Waals surface area contributed by atoms with Crippen molar-refractivity contribution in [1.82, 2.24) is 0 Å². The van der Waals surface area contributed by atoms with E-state index in [1.54, 1.807) is 6.07 Å². The zero-order valence-corrected chi connectivity index (χ0v) is 10.6. The van der Waals surface area contributed by atoms with E-state index in [1.807, 2.05) is 12.1 Å². The number of nitrogen functional groups attached to an aromatic ring is 1. The highest BCUT2D eigenvalue weighted by Gasteiger charge is 2.11. The van der Waals surface area contributed by atoms with E-state index in [-0.39, 0.29) is 5.78 Å². The first-order valence-corrected chi connectivity index (χ1v) is 6.00. The molecule has 0 aliphatic heterocycles. The normalized spacial score (nSPS) is 10.0. The Kier molecular flexibility index (Phi) is 4.18. The van der Waals surface area contributed by atoms with E-state index < -0.39 is 0 Å². The fourth-order valence-electron chi connectivity index (χ4n) is 1.05. The summed E-state index contributed by atoms with van der Waals surface area (Å²) in [5, 5.41) is 0.677. The maximum Gasteiger partial charge on any atom is 0.166 e. The Morgan fingerprint density at radius 1 is 1.54 bits per heavy atom. The van der Waals surface area contributed by atoms with E-state index in [4.69, 9.17) is 5.73 Å². The number of halogens is 2. The Labute approximate surface area is 99.2 Å². The van der Waals surface area contributed by atoms with Gasteiger partial charge >= 0.3 is 0 Å². The van der Waals surface area contributed by atoms with E-state index in [1.165, 1.54) is 0 Å². The smallest absolute Gasteiger partial charge is 0.166 e. The van der Waals surface area contributed by atoms with Crippen molar-refractivity contribution in [2.75, 3.05) is 11.1 Å². The van der Waals surface area contributed by atoms with Crippen LogP contribution in [0.2, 0.25) is 0 Å². The van der Waals surface area contributed by atoms with Crippen LogP contribution in [0.3, 0.4) is 0 Å². The molecule has 0 saturated carbocycles. The summed E-state index contributed by atoms with van der Waals surface area (Å²) in [4.78, 5) is 11.6. The molecule has 13 heavy (non-hydrogen) atoms. The van der Waals surface area contributed by atoms with E-state index in [0.717, 1.165) is 3.57 Å². The Morgan fingerprint density at radius 2 is 2.23 bits per heavy atom. The fraction of sp³-hybridized carbons (Fsp3) is 0.222. The van der Waals surface area contributed by atoms with Crippen LogP contribution in [-0.4, -0.2) is 11.1 Å². The number of alkyl halides is 1. The van der Waals surface area contributed by atoms with Crippen molar-refractivity contribution in [3.8, 4) is 0 Å². The van der Waals surface area contributed by atoms with Gasteiger partial charge in [0.1, 0.15) is 0 Å². The maximum atomic E-state index is 11.6. The number of carbonyl (C=O) groups is 1. The average molecular weight is 354 g/mol. The molecule has 0 amide bonds. The van der Waals surface area contributed by atoms with Crippen molar-refractivity contribution in [1.29, 1.82) is 0 Å². The molecule has 70 valence electrons. The first kappa shape index (κ1) is 11.0. The third-order valence-electron chi connectivity index (χ3n) is 1.65. The lowest BCUT2D eigenvalue weighted by molar-refractivity contribution is 0.0990. The molecule has 0 saturated heterocycles. The van der Waals surface area contributed by atoms with E-state index in [9.17, 15) is 4.79 Å². The van der Waals surface area contributed by atoms with Crippen LogP contribution in [0.5, 0.6) is 0 Å². The molecule has 4 heteroatoms. The Bertz CT molecular complexity index is 307. The minimum Gasteiger partial charge on any atom is -0.398 e. The van der Waals surface area contributed by atoms with Crippen molar-refractivity contribution in [3.63, 3.8) is 0 Å². The average Bonchev–Trinajstić information content (AvgIpc) is 2.04. The summed E-state index contributed by atoms with van der Waals surface area (Å²) in [5.74, 6) is 0.0966. The molecule has 2 N–H and O–H groups in total.